The van der Waals surface area contributed by atoms with Crippen molar-refractivity contribution in [1.82, 2.24) is 0 Å². The number of hydrogen-bond donors (Lipinski definition) is 1. The summed E-state index contributed by atoms with van der Waals surface area (Å²) in [7, 11) is 0. The first-order valence-corrected chi connectivity index (χ1v) is 4.82. The lowest BCUT2D eigenvalue weighted by molar-refractivity contribution is 1.02. The molecule has 0 radical (unpaired) electrons. The topological polar surface area (TPSA) is 26.0 Å². The minimum Gasteiger partial charge on any atom is -0.326 e. The van der Waals surface area contributed by atoms with Crippen LogP contribution in [0.4, 0.5) is 0 Å². The van der Waals surface area contributed by atoms with Crippen molar-refractivity contribution in [2.75, 3.05) is 0 Å². The molecule has 66 valence electrons. The van der Waals surface area contributed by atoms with Crippen LogP contribution in [0, 0.1) is 0 Å². The lowest BCUT2D eigenvalue weighted by atomic mass is 10.0. The Bertz CT molecular complexity index is 238. The number of alkyl halides is 2. The van der Waals surface area contributed by atoms with Gasteiger partial charge >= 0.3 is 0 Å². The Hall–Kier alpha value is -0.240. The van der Waals surface area contributed by atoms with Gasteiger partial charge in [0.15, 0.2) is 0 Å². The fraction of sp³-hybridized carbons (Fsp3) is 0.333. The monoisotopic (exact) mass is 203 g/mol. The third kappa shape index (κ3) is 1.92. The average Bonchev–Trinajstić information content (AvgIpc) is 2.16. The molecule has 0 spiro atoms. The van der Waals surface area contributed by atoms with E-state index in [9.17, 15) is 0 Å². The molecule has 0 bridgehead atoms. The van der Waals surface area contributed by atoms with E-state index in [1.165, 1.54) is 0 Å². The maximum atomic E-state index is 5.74. The van der Waals surface area contributed by atoms with Crippen molar-refractivity contribution >= 4 is 23.2 Å². The van der Waals surface area contributed by atoms with Crippen LogP contribution in [0.5, 0.6) is 0 Å². The van der Waals surface area contributed by atoms with E-state index in [2.05, 4.69) is 0 Å². The van der Waals surface area contributed by atoms with Crippen LogP contribution in [0.2, 0.25) is 0 Å². The van der Waals surface area contributed by atoms with Crippen molar-refractivity contribution in [3.05, 3.63) is 34.9 Å². The van der Waals surface area contributed by atoms with E-state index >= 15 is 0 Å². The summed E-state index contributed by atoms with van der Waals surface area (Å²) in [5, 5.41) is 0. The lowest BCUT2D eigenvalue weighted by Gasteiger charge is -2.08. The Morgan fingerprint density at radius 2 is 1.58 bits per heavy atom. The molecule has 2 N–H and O–H groups in total. The molecular weight excluding hydrogens is 193 g/mol. The summed E-state index contributed by atoms with van der Waals surface area (Å²) < 4.78 is 0. The highest BCUT2D eigenvalue weighted by Gasteiger charge is 2.04. The number of hydrogen-bond acceptors (Lipinski definition) is 1. The second-order valence-electron chi connectivity index (χ2n) is 2.53. The fourth-order valence-corrected chi connectivity index (χ4v) is 1.70. The molecule has 0 heterocycles. The molecule has 0 saturated heterocycles. The van der Waals surface area contributed by atoms with Crippen molar-refractivity contribution < 1.29 is 0 Å². The first-order valence-electron chi connectivity index (χ1n) is 3.75. The van der Waals surface area contributed by atoms with E-state index in [-0.39, 0.29) is 0 Å². The first-order chi connectivity index (χ1) is 5.83. The van der Waals surface area contributed by atoms with Gasteiger partial charge in [-0.05, 0) is 16.7 Å². The van der Waals surface area contributed by atoms with E-state index < -0.39 is 0 Å². The van der Waals surface area contributed by atoms with Gasteiger partial charge in [0.1, 0.15) is 0 Å². The lowest BCUT2D eigenvalue weighted by Crippen LogP contribution is -2.04. The normalized spacial score (nSPS) is 10.2. The summed E-state index contributed by atoms with van der Waals surface area (Å²) in [4.78, 5) is 0. The van der Waals surface area contributed by atoms with Crippen LogP contribution in [0.15, 0.2) is 18.2 Å². The summed E-state index contributed by atoms with van der Waals surface area (Å²) in [5.74, 6) is 0.995. The highest BCUT2D eigenvalue weighted by Crippen LogP contribution is 2.17. The second-order valence-corrected chi connectivity index (χ2v) is 3.06. The predicted molar refractivity (Wildman–Crippen MR) is 53.4 cm³/mol. The summed E-state index contributed by atoms with van der Waals surface area (Å²) in [6.07, 6.45) is 0. The Balaban J connectivity index is 3.13. The molecule has 3 heteroatoms. The van der Waals surface area contributed by atoms with Crippen LogP contribution < -0.4 is 5.73 Å². The number of rotatable bonds is 3. The molecule has 0 aliphatic carbocycles. The molecule has 0 saturated carbocycles. The molecule has 1 nitrogen and oxygen atoms in total. The van der Waals surface area contributed by atoms with Gasteiger partial charge in [-0.15, -0.1) is 23.2 Å². The summed E-state index contributed by atoms with van der Waals surface area (Å²) in [6.45, 7) is 0.505. The highest BCUT2D eigenvalue weighted by atomic mass is 35.5. The Kier molecular flexibility index (Phi) is 3.86. The highest BCUT2D eigenvalue weighted by molar-refractivity contribution is 6.18. The van der Waals surface area contributed by atoms with Crippen molar-refractivity contribution in [3.63, 3.8) is 0 Å². The van der Waals surface area contributed by atoms with Crippen LogP contribution >= 0.6 is 23.2 Å². The van der Waals surface area contributed by atoms with Crippen LogP contribution in [0.3, 0.4) is 0 Å². The zero-order chi connectivity index (χ0) is 8.97. The molecule has 0 atom stereocenters. The van der Waals surface area contributed by atoms with Gasteiger partial charge in [0, 0.05) is 18.3 Å². The van der Waals surface area contributed by atoms with Crippen LogP contribution in [-0.4, -0.2) is 0 Å². The number of benzene rings is 1. The minimum absolute atomic E-state index is 0.497. The minimum atomic E-state index is 0.497. The van der Waals surface area contributed by atoms with Crippen molar-refractivity contribution in [2.24, 2.45) is 5.73 Å². The van der Waals surface area contributed by atoms with Crippen molar-refractivity contribution in [2.45, 2.75) is 18.3 Å². The maximum Gasteiger partial charge on any atom is 0.0477 e. The average molecular weight is 204 g/mol. The third-order valence-corrected chi connectivity index (χ3v) is 2.44. The third-order valence-electron chi connectivity index (χ3n) is 1.86. The summed E-state index contributed by atoms with van der Waals surface area (Å²) in [5.41, 5.74) is 8.83. The van der Waals surface area contributed by atoms with Crippen molar-refractivity contribution in [3.8, 4) is 0 Å². The number of nitrogens with two attached hydrogens (primary N) is 1. The molecular formula is C9H11Cl2N. The van der Waals surface area contributed by atoms with Crippen LogP contribution in [0.25, 0.3) is 0 Å². The Labute approximate surface area is 82.5 Å². The van der Waals surface area contributed by atoms with Crippen LogP contribution in [0.1, 0.15) is 16.7 Å². The number of halogens is 2. The van der Waals surface area contributed by atoms with Gasteiger partial charge in [0.05, 0.1) is 0 Å². The van der Waals surface area contributed by atoms with E-state index in [0.717, 1.165) is 16.7 Å². The maximum absolute atomic E-state index is 5.74. The quantitative estimate of drug-likeness (QED) is 0.752. The van der Waals surface area contributed by atoms with Gasteiger partial charge < -0.3 is 5.73 Å². The molecule has 1 rings (SSSR count). The fourth-order valence-electron chi connectivity index (χ4n) is 1.20. The SMILES string of the molecule is NCc1c(CCl)cccc1CCl. The van der Waals surface area contributed by atoms with Gasteiger partial charge in [0.25, 0.3) is 0 Å². The largest absolute Gasteiger partial charge is 0.326 e. The zero-order valence-corrected chi connectivity index (χ0v) is 8.20. The second kappa shape index (κ2) is 4.70. The van der Waals surface area contributed by atoms with Gasteiger partial charge in [-0.3, -0.25) is 0 Å². The Morgan fingerprint density at radius 1 is 1.08 bits per heavy atom. The van der Waals surface area contributed by atoms with E-state index in [0.29, 0.717) is 18.3 Å². The van der Waals surface area contributed by atoms with Gasteiger partial charge in [-0.1, -0.05) is 18.2 Å². The summed E-state index contributed by atoms with van der Waals surface area (Å²) >= 11 is 11.5. The smallest absolute Gasteiger partial charge is 0.0477 e. The molecule has 0 unspecified atom stereocenters. The van der Waals surface area contributed by atoms with Gasteiger partial charge in [-0.25, -0.2) is 0 Å². The molecule has 0 aromatic heterocycles. The first kappa shape index (κ1) is 9.85. The Morgan fingerprint density at radius 3 is 1.92 bits per heavy atom. The van der Waals surface area contributed by atoms with Gasteiger partial charge in [-0.2, -0.15) is 0 Å². The van der Waals surface area contributed by atoms with E-state index in [4.69, 9.17) is 28.9 Å². The zero-order valence-electron chi connectivity index (χ0n) is 6.69. The van der Waals surface area contributed by atoms with E-state index in [1.54, 1.807) is 0 Å². The predicted octanol–water partition coefficient (Wildman–Crippen LogP) is 2.62. The molecule has 1 aromatic carbocycles. The molecule has 12 heavy (non-hydrogen) atoms. The van der Waals surface area contributed by atoms with Crippen LogP contribution in [-0.2, 0) is 18.3 Å². The molecule has 0 aliphatic rings. The summed E-state index contributed by atoms with van der Waals surface area (Å²) in [6, 6.07) is 5.91. The molecule has 0 aliphatic heterocycles. The van der Waals surface area contributed by atoms with E-state index in [1.807, 2.05) is 18.2 Å². The van der Waals surface area contributed by atoms with Gasteiger partial charge in [0.2, 0.25) is 0 Å². The molecule has 0 amide bonds. The molecule has 1 aromatic rings. The standard InChI is InChI=1S/C9H11Cl2N/c10-4-7-2-1-3-8(5-11)9(7)6-12/h1-3H,4-6,12H2. The molecule has 0 fully saturated rings. The van der Waals surface area contributed by atoms with Crippen molar-refractivity contribution in [1.29, 1.82) is 0 Å².